The summed E-state index contributed by atoms with van der Waals surface area (Å²) in [7, 11) is -2.92. The predicted octanol–water partition coefficient (Wildman–Crippen LogP) is 5.84. The molecule has 280 valence electrons. The number of nitrogens with zero attached hydrogens (tertiary/aromatic N) is 4. The molecule has 3 N–H and O–H groups in total. The molecule has 1 spiro atoms. The van der Waals surface area contributed by atoms with Crippen molar-refractivity contribution in [3.05, 3.63) is 70.6 Å². The summed E-state index contributed by atoms with van der Waals surface area (Å²) in [6.45, 7) is 0.629. The first kappa shape index (κ1) is 36.3. The molecule has 1 aromatic heterocycles. The van der Waals surface area contributed by atoms with Gasteiger partial charge < -0.3 is 29.8 Å². The van der Waals surface area contributed by atoms with Gasteiger partial charge in [-0.2, -0.15) is 5.26 Å². The van der Waals surface area contributed by atoms with Gasteiger partial charge in [0.1, 0.15) is 12.1 Å². The minimum atomic E-state index is -5.01. The van der Waals surface area contributed by atoms with Gasteiger partial charge in [-0.15, -0.1) is 11.3 Å². The van der Waals surface area contributed by atoms with Crippen LogP contribution in [-0.2, 0) is 14.2 Å². The Hall–Kier alpha value is -3.66. The second-order valence-corrected chi connectivity index (χ2v) is 18.6. The predicted molar refractivity (Wildman–Crippen MR) is 198 cm³/mol. The number of carbonyl (C=O) groups excluding carboxylic acids is 3. The number of nitriles is 1. The highest BCUT2D eigenvalue weighted by molar-refractivity contribution is 7.51. The first-order valence-electron chi connectivity index (χ1n) is 18.7. The van der Waals surface area contributed by atoms with Gasteiger partial charge in [0, 0.05) is 46.7 Å². The molecule has 0 bridgehead atoms. The van der Waals surface area contributed by atoms with Crippen LogP contribution < -0.4 is 5.32 Å². The van der Waals surface area contributed by atoms with E-state index in [1.807, 2.05) is 18.2 Å². The number of benzene rings is 2. The molecule has 3 saturated heterocycles. The zero-order valence-corrected chi connectivity index (χ0v) is 31.4. The SMILES string of the molecule is CN(C1CC(C#N)C1)[C@H]1CCC(NC(=O)c2cc3cc([C@H](F)P(=O)(O)O)ccc3s2)C(=O)N2[C@H](CC[C@H]2C(=O)N2C[C@H](c3ccccc3)CC23CC3)C1. The maximum Gasteiger partial charge on any atom is 0.363 e. The molecule has 14 heteroatoms. The molecule has 8 rings (SSSR count). The van der Waals surface area contributed by atoms with E-state index in [1.54, 1.807) is 11.0 Å². The van der Waals surface area contributed by atoms with Crippen LogP contribution in [0.2, 0.25) is 0 Å². The Bertz CT molecular complexity index is 2010. The number of fused-ring (bicyclic) bond motifs is 2. The highest BCUT2D eigenvalue weighted by Gasteiger charge is 2.58. The van der Waals surface area contributed by atoms with Gasteiger partial charge in [0.15, 0.2) is 0 Å². The van der Waals surface area contributed by atoms with Crippen molar-refractivity contribution in [2.75, 3.05) is 13.6 Å². The molecule has 3 aromatic rings. The third-order valence-electron chi connectivity index (χ3n) is 12.7. The molecule has 0 radical (unpaired) electrons. The van der Waals surface area contributed by atoms with Crippen LogP contribution in [0.1, 0.15) is 96.8 Å². The zero-order chi connectivity index (χ0) is 37.2. The third-order valence-corrected chi connectivity index (χ3v) is 14.7. The van der Waals surface area contributed by atoms with E-state index in [0.717, 1.165) is 49.9 Å². The molecule has 3 amide bonds. The third kappa shape index (κ3) is 6.82. The molecule has 5 fully saturated rings. The molecule has 53 heavy (non-hydrogen) atoms. The van der Waals surface area contributed by atoms with E-state index in [0.29, 0.717) is 42.3 Å². The summed E-state index contributed by atoms with van der Waals surface area (Å²) in [5, 5.41) is 12.9. The van der Waals surface area contributed by atoms with Crippen molar-refractivity contribution in [3.63, 3.8) is 0 Å². The van der Waals surface area contributed by atoms with Gasteiger partial charge in [0.25, 0.3) is 5.91 Å². The van der Waals surface area contributed by atoms with Crippen LogP contribution in [0.5, 0.6) is 0 Å². The summed E-state index contributed by atoms with van der Waals surface area (Å²) in [5.41, 5.74) is 0.895. The van der Waals surface area contributed by atoms with Crippen LogP contribution in [0.25, 0.3) is 10.1 Å². The van der Waals surface area contributed by atoms with Gasteiger partial charge in [-0.3, -0.25) is 18.9 Å². The summed E-state index contributed by atoms with van der Waals surface area (Å²) in [5.74, 6) is -2.89. The Kier molecular flexibility index (Phi) is 9.51. The van der Waals surface area contributed by atoms with Crippen molar-refractivity contribution in [2.45, 2.75) is 112 Å². The lowest BCUT2D eigenvalue weighted by molar-refractivity contribution is -0.148. The molecule has 4 heterocycles. The van der Waals surface area contributed by atoms with Crippen LogP contribution in [0.3, 0.4) is 0 Å². The van der Waals surface area contributed by atoms with Crippen molar-refractivity contribution in [3.8, 4) is 6.07 Å². The standard InChI is InChI=1S/C39H45FN5O6PS/c1-43(30-15-23(16-30)21-41)28-8-10-31(42-36(46)34-18-26-17-25(7-12-33(26)53-34)35(40)52(49,50)51)37(47)45-29(19-28)9-11-32(45)38(48)44-22-27(20-39(44)13-14-39)24-5-3-2-4-6-24/h2-7,12,17-18,23,27-32,35H,8-11,13-16,19-20,22H2,1H3,(H,42,46)(H2,49,50,51)/t23?,27-,28+,29-,30?,31?,32+,35-/m1/s1. The molecule has 2 aliphatic carbocycles. The second kappa shape index (κ2) is 13.9. The number of nitrogens with one attached hydrogen (secondary N) is 1. The van der Waals surface area contributed by atoms with Crippen molar-refractivity contribution >= 4 is 46.7 Å². The average Bonchev–Trinajstić information content (AvgIpc) is 3.42. The molecular formula is C39H45FN5O6PS. The van der Waals surface area contributed by atoms with Gasteiger partial charge >= 0.3 is 7.60 Å². The number of hydrogen-bond acceptors (Lipinski definition) is 7. The fourth-order valence-electron chi connectivity index (χ4n) is 9.48. The van der Waals surface area contributed by atoms with Crippen molar-refractivity contribution < 1.29 is 33.1 Å². The maximum atomic E-state index is 14.7. The van der Waals surface area contributed by atoms with Crippen molar-refractivity contribution in [2.24, 2.45) is 5.92 Å². The minimum Gasteiger partial charge on any atom is -0.340 e. The van der Waals surface area contributed by atoms with Crippen molar-refractivity contribution in [1.29, 1.82) is 5.26 Å². The molecule has 2 saturated carbocycles. The van der Waals surface area contributed by atoms with Crippen LogP contribution >= 0.6 is 18.9 Å². The zero-order valence-electron chi connectivity index (χ0n) is 29.6. The number of halogens is 1. The number of rotatable bonds is 8. The number of thiophene rings is 1. The van der Waals surface area contributed by atoms with Crippen LogP contribution in [0.4, 0.5) is 4.39 Å². The first-order chi connectivity index (χ1) is 25.3. The lowest BCUT2D eigenvalue weighted by Gasteiger charge is -2.46. The molecule has 11 nitrogen and oxygen atoms in total. The van der Waals surface area contributed by atoms with Crippen LogP contribution in [0, 0.1) is 17.2 Å². The Balaban J connectivity index is 1.05. The Morgan fingerprint density at radius 2 is 1.81 bits per heavy atom. The average molecular weight is 762 g/mol. The monoisotopic (exact) mass is 761 g/mol. The van der Waals surface area contributed by atoms with Crippen molar-refractivity contribution in [1.82, 2.24) is 20.0 Å². The second-order valence-electron chi connectivity index (χ2n) is 15.9. The Labute approximate surface area is 312 Å². The summed E-state index contributed by atoms with van der Waals surface area (Å²) in [6, 6.07) is 17.1. The molecular weight excluding hydrogens is 716 g/mol. The first-order valence-corrected chi connectivity index (χ1v) is 21.2. The highest BCUT2D eigenvalue weighted by atomic mass is 32.1. The van der Waals surface area contributed by atoms with E-state index in [9.17, 15) is 38.4 Å². The topological polar surface area (TPSA) is 154 Å². The van der Waals surface area contributed by atoms with Gasteiger partial charge in [0.05, 0.1) is 10.9 Å². The van der Waals surface area contributed by atoms with Gasteiger partial charge in [0.2, 0.25) is 17.7 Å². The lowest BCUT2D eigenvalue weighted by Crippen LogP contribution is -2.59. The molecule has 1 unspecified atom stereocenters. The fraction of sp³-hybridized carbons (Fsp3) is 0.538. The summed E-state index contributed by atoms with van der Waals surface area (Å²) in [4.78, 5) is 68.3. The fourth-order valence-corrected chi connectivity index (χ4v) is 11.0. The quantitative estimate of drug-likeness (QED) is 0.242. The number of alkyl halides is 1. The van der Waals surface area contributed by atoms with Crippen LogP contribution in [-0.4, -0.2) is 91.5 Å². The largest absolute Gasteiger partial charge is 0.363 e. The minimum absolute atomic E-state index is 0.00461. The van der Waals surface area contributed by atoms with E-state index < -0.39 is 31.5 Å². The van der Waals surface area contributed by atoms with Gasteiger partial charge in [-0.1, -0.05) is 36.4 Å². The van der Waals surface area contributed by atoms with E-state index >= 15 is 0 Å². The molecule has 5 aliphatic rings. The smallest absolute Gasteiger partial charge is 0.340 e. The maximum absolute atomic E-state index is 14.7. The summed E-state index contributed by atoms with van der Waals surface area (Å²) < 4.78 is 26.7. The Morgan fingerprint density at radius 1 is 1.06 bits per heavy atom. The van der Waals surface area contributed by atoms with Gasteiger partial charge in [-0.25, -0.2) is 4.39 Å². The van der Waals surface area contributed by atoms with E-state index in [4.69, 9.17) is 0 Å². The summed E-state index contributed by atoms with van der Waals surface area (Å²) >= 11 is 1.15. The Morgan fingerprint density at radius 3 is 2.51 bits per heavy atom. The molecule has 6 atom stereocenters. The molecule has 2 aromatic carbocycles. The van der Waals surface area contributed by atoms with E-state index in [1.165, 1.54) is 23.8 Å². The molecule has 3 aliphatic heterocycles. The van der Waals surface area contributed by atoms with Crippen LogP contribution in [0.15, 0.2) is 54.6 Å². The normalized spacial score (nSPS) is 30.0. The van der Waals surface area contributed by atoms with E-state index in [2.05, 4.69) is 40.4 Å². The van der Waals surface area contributed by atoms with Gasteiger partial charge in [-0.05, 0) is 106 Å². The van der Waals surface area contributed by atoms with E-state index in [-0.39, 0.29) is 57.8 Å². The number of amides is 3. The number of likely N-dealkylation sites (tertiary alicyclic amines) is 1. The highest BCUT2D eigenvalue weighted by Crippen LogP contribution is 2.55. The summed E-state index contributed by atoms with van der Waals surface area (Å²) in [6.07, 6.45) is 7.49. The lowest BCUT2D eigenvalue weighted by atomic mass is 9.79. The number of carbonyl (C=O) groups is 3. The number of hydrogen-bond donors (Lipinski definition) is 3.